The van der Waals surface area contributed by atoms with Crippen LogP contribution in [0.25, 0.3) is 11.4 Å². The Kier molecular flexibility index (Phi) is 7.00. The van der Waals surface area contributed by atoms with Crippen LogP contribution in [0.5, 0.6) is 5.75 Å². The van der Waals surface area contributed by atoms with Crippen LogP contribution in [0.1, 0.15) is 42.4 Å². The Labute approximate surface area is 211 Å². The average Bonchev–Trinajstić information content (AvgIpc) is 3.39. The number of amides is 2. The summed E-state index contributed by atoms with van der Waals surface area (Å²) in [6.45, 7) is 1.86. The number of carbonyl (C=O) groups excluding carboxylic acids is 1. The zero-order chi connectivity index (χ0) is 26.0. The first-order chi connectivity index (χ1) is 17.7. The minimum absolute atomic E-state index is 0.0814. The number of halogens is 3. The van der Waals surface area contributed by atoms with Crippen molar-refractivity contribution >= 4 is 6.03 Å². The highest BCUT2D eigenvalue weighted by atomic mass is 19.4. The number of urea groups is 1. The summed E-state index contributed by atoms with van der Waals surface area (Å²) in [7, 11) is 0. The third kappa shape index (κ3) is 6.01. The van der Waals surface area contributed by atoms with Gasteiger partial charge in [0.2, 0.25) is 0 Å². The Bertz CT molecular complexity index is 1200. The minimum Gasteiger partial charge on any atom is -0.406 e. The molecule has 2 atom stereocenters. The molecule has 0 aliphatic carbocycles. The van der Waals surface area contributed by atoms with E-state index in [4.69, 9.17) is 0 Å². The summed E-state index contributed by atoms with van der Waals surface area (Å²) >= 11 is 0. The highest BCUT2D eigenvalue weighted by molar-refractivity contribution is 5.75. The Morgan fingerprint density at radius 3 is 2.43 bits per heavy atom. The van der Waals surface area contributed by atoms with Gasteiger partial charge in [0, 0.05) is 56.1 Å². The first-order valence-corrected chi connectivity index (χ1v) is 12.1. The molecule has 5 rings (SSSR count). The fraction of sp³-hybridized carbons (Fsp3) is 0.440. The van der Waals surface area contributed by atoms with Gasteiger partial charge in [0.25, 0.3) is 0 Å². The number of hydrogen-bond acceptors (Lipinski definition) is 6. The van der Waals surface area contributed by atoms with Gasteiger partial charge in [-0.25, -0.2) is 4.79 Å². The maximum Gasteiger partial charge on any atom is 0.573 e. The molecule has 2 amide bonds. The lowest BCUT2D eigenvalue weighted by Gasteiger charge is -2.41. The summed E-state index contributed by atoms with van der Waals surface area (Å²) in [5.41, 5.74) is 2.92. The van der Waals surface area contributed by atoms with Gasteiger partial charge in [0.1, 0.15) is 17.1 Å². The van der Waals surface area contributed by atoms with E-state index in [2.05, 4.69) is 24.9 Å². The molecule has 2 aliphatic heterocycles. The van der Waals surface area contributed by atoms with Crippen molar-refractivity contribution in [3.05, 3.63) is 60.2 Å². The van der Waals surface area contributed by atoms with Crippen LogP contribution in [-0.2, 0) is 0 Å². The van der Waals surface area contributed by atoms with Gasteiger partial charge in [-0.05, 0) is 43.0 Å². The van der Waals surface area contributed by atoms with Gasteiger partial charge >= 0.3 is 12.4 Å². The van der Waals surface area contributed by atoms with Gasteiger partial charge in [-0.1, -0.05) is 12.1 Å². The number of hydrogen-bond donors (Lipinski definition) is 2. The van der Waals surface area contributed by atoms with Crippen molar-refractivity contribution < 1.29 is 27.8 Å². The second kappa shape index (κ2) is 10.4. The highest BCUT2D eigenvalue weighted by Gasteiger charge is 2.36. The number of rotatable bonds is 4. The van der Waals surface area contributed by atoms with Crippen LogP contribution in [0.2, 0.25) is 0 Å². The third-order valence-corrected chi connectivity index (χ3v) is 6.90. The molecule has 3 aromatic rings. The molecule has 2 N–H and O–H groups in total. The molecule has 2 fully saturated rings. The lowest BCUT2D eigenvalue weighted by molar-refractivity contribution is -0.274. The van der Waals surface area contributed by atoms with E-state index in [9.17, 15) is 23.1 Å². The number of H-pyrrole nitrogens is 1. The predicted molar refractivity (Wildman–Crippen MR) is 127 cm³/mol. The molecule has 2 aromatic heterocycles. The Balaban J connectivity index is 1.38. The lowest BCUT2D eigenvalue weighted by atomic mass is 9.83. The number of aliphatic hydroxyl groups is 1. The van der Waals surface area contributed by atoms with E-state index in [-0.39, 0.29) is 23.6 Å². The Hall–Kier alpha value is -3.67. The van der Waals surface area contributed by atoms with Crippen molar-refractivity contribution in [1.29, 1.82) is 0 Å². The van der Waals surface area contributed by atoms with E-state index < -0.39 is 12.5 Å². The number of piperidine rings is 2. The largest absolute Gasteiger partial charge is 0.573 e. The second-order valence-corrected chi connectivity index (χ2v) is 9.45. The molecule has 2 saturated heterocycles. The number of ether oxygens (including phenoxy) is 1. The van der Waals surface area contributed by atoms with Crippen LogP contribution >= 0.6 is 0 Å². The molecular formula is C25H27F3N6O3. The van der Waals surface area contributed by atoms with E-state index in [0.717, 1.165) is 11.3 Å². The van der Waals surface area contributed by atoms with E-state index in [1.54, 1.807) is 40.5 Å². The van der Waals surface area contributed by atoms with Gasteiger partial charge in [-0.2, -0.15) is 5.10 Å². The van der Waals surface area contributed by atoms with Gasteiger partial charge in [-0.15, -0.1) is 13.2 Å². The number of alkyl halides is 3. The van der Waals surface area contributed by atoms with Gasteiger partial charge in [0.05, 0.1) is 12.3 Å². The fourth-order valence-electron chi connectivity index (χ4n) is 5.03. The monoisotopic (exact) mass is 516 g/mol. The van der Waals surface area contributed by atoms with Crippen LogP contribution in [0, 0.1) is 0 Å². The molecule has 2 unspecified atom stereocenters. The molecule has 0 saturated carbocycles. The molecule has 0 spiro atoms. The zero-order valence-electron chi connectivity index (χ0n) is 19.9. The van der Waals surface area contributed by atoms with Gasteiger partial charge in [0.15, 0.2) is 0 Å². The lowest BCUT2D eigenvalue weighted by Crippen LogP contribution is -2.51. The van der Waals surface area contributed by atoms with Crippen LogP contribution in [0.15, 0.2) is 48.9 Å². The standard InChI is InChI=1S/C25H27F3N6O3/c26-25(27,28)37-20-3-1-16(2-4-20)17-11-18(21-12-22(32-31-21)23-13-29-7-8-30-23)15-34(14-17)24(36)33-9-5-19(35)6-10-33/h1-4,7-8,12-13,17-19,35H,5-6,9-11,14-15H2,(H,31,32). The van der Waals surface area contributed by atoms with Crippen LogP contribution in [0.3, 0.4) is 0 Å². The van der Waals surface area contributed by atoms with Crippen molar-refractivity contribution in [3.8, 4) is 17.1 Å². The van der Waals surface area contributed by atoms with Gasteiger partial charge < -0.3 is 19.6 Å². The molecule has 0 radical (unpaired) electrons. The zero-order valence-corrected chi connectivity index (χ0v) is 19.9. The predicted octanol–water partition coefficient (Wildman–Crippen LogP) is 3.92. The quantitative estimate of drug-likeness (QED) is 0.545. The van der Waals surface area contributed by atoms with E-state index in [1.807, 2.05) is 6.07 Å². The number of nitrogens with one attached hydrogen (secondary N) is 1. The molecule has 37 heavy (non-hydrogen) atoms. The number of carbonyl (C=O) groups is 1. The van der Waals surface area contributed by atoms with Crippen LogP contribution < -0.4 is 4.74 Å². The summed E-state index contributed by atoms with van der Waals surface area (Å²) in [4.78, 5) is 25.3. The molecule has 4 heterocycles. The maximum absolute atomic E-state index is 13.4. The SMILES string of the molecule is O=C(N1CCC(O)CC1)N1CC(c2ccc(OC(F)(F)F)cc2)CC(c2cc(-c3cnccn3)n[nH]2)C1. The van der Waals surface area contributed by atoms with Crippen molar-refractivity contribution in [2.75, 3.05) is 26.2 Å². The number of aliphatic hydroxyl groups excluding tert-OH is 1. The maximum atomic E-state index is 13.4. The Morgan fingerprint density at radius 1 is 1.03 bits per heavy atom. The molecular weight excluding hydrogens is 489 g/mol. The summed E-state index contributed by atoms with van der Waals surface area (Å²) in [5.74, 6) is -0.478. The normalized spacial score (nSPS) is 21.2. The van der Waals surface area contributed by atoms with E-state index in [0.29, 0.717) is 56.8 Å². The molecule has 2 aliphatic rings. The first kappa shape index (κ1) is 25.0. The highest BCUT2D eigenvalue weighted by Crippen LogP contribution is 2.37. The average molecular weight is 517 g/mol. The molecule has 12 heteroatoms. The van der Waals surface area contributed by atoms with Crippen molar-refractivity contribution in [2.24, 2.45) is 0 Å². The van der Waals surface area contributed by atoms with Crippen molar-refractivity contribution in [2.45, 2.75) is 43.6 Å². The van der Waals surface area contributed by atoms with E-state index >= 15 is 0 Å². The number of benzene rings is 1. The van der Waals surface area contributed by atoms with Crippen molar-refractivity contribution in [1.82, 2.24) is 30.0 Å². The third-order valence-electron chi connectivity index (χ3n) is 6.90. The van der Waals surface area contributed by atoms with Crippen molar-refractivity contribution in [3.63, 3.8) is 0 Å². The summed E-state index contributed by atoms with van der Waals surface area (Å²) in [6.07, 6.45) is 1.37. The number of likely N-dealkylation sites (tertiary alicyclic amines) is 2. The smallest absolute Gasteiger partial charge is 0.406 e. The molecule has 1 aromatic carbocycles. The summed E-state index contributed by atoms with van der Waals surface area (Å²) in [5, 5.41) is 17.3. The first-order valence-electron chi connectivity index (χ1n) is 12.1. The van der Waals surface area contributed by atoms with E-state index in [1.165, 1.54) is 12.1 Å². The molecule has 0 bridgehead atoms. The molecule has 196 valence electrons. The Morgan fingerprint density at radius 2 is 1.76 bits per heavy atom. The van der Waals surface area contributed by atoms with Gasteiger partial charge in [-0.3, -0.25) is 15.1 Å². The number of aromatic amines is 1. The summed E-state index contributed by atoms with van der Waals surface area (Å²) < 4.78 is 41.8. The minimum atomic E-state index is -4.76. The molecule has 9 nitrogen and oxygen atoms in total. The number of nitrogens with zero attached hydrogens (tertiary/aromatic N) is 5. The second-order valence-electron chi connectivity index (χ2n) is 9.45. The van der Waals surface area contributed by atoms with Crippen LogP contribution in [-0.4, -0.2) is 79.7 Å². The van der Waals surface area contributed by atoms with Crippen LogP contribution in [0.4, 0.5) is 18.0 Å². The summed E-state index contributed by atoms with van der Waals surface area (Å²) in [6, 6.07) is 7.63. The topological polar surface area (TPSA) is 107 Å². The number of aromatic nitrogens is 4. The fourth-order valence-corrected chi connectivity index (χ4v) is 5.03.